The smallest absolute Gasteiger partial charge is 0.326 e. The van der Waals surface area contributed by atoms with Gasteiger partial charge in [-0.05, 0) is 13.3 Å². The number of unbranched alkanes of at least 4 members (excludes halogenated alkanes) is 2. The summed E-state index contributed by atoms with van der Waals surface area (Å²) in [5.74, 6) is -0.182. The third kappa shape index (κ3) is 4.26. The third-order valence-electron chi connectivity index (χ3n) is 2.12. The zero-order valence-corrected chi connectivity index (χ0v) is 10.7. The van der Waals surface area contributed by atoms with E-state index in [1.54, 1.807) is 0 Å². The van der Waals surface area contributed by atoms with E-state index in [0.29, 0.717) is 0 Å². The van der Waals surface area contributed by atoms with Gasteiger partial charge in [0.15, 0.2) is 0 Å². The Morgan fingerprint density at radius 3 is 2.54 bits per heavy atom. The molecule has 0 aromatic rings. The maximum atomic E-state index is 11.4. The van der Waals surface area contributed by atoms with Crippen LogP contribution in [0.4, 0.5) is 0 Å². The van der Waals surface area contributed by atoms with E-state index >= 15 is 0 Å². The summed E-state index contributed by atoms with van der Waals surface area (Å²) in [5.41, 5.74) is -0.523. The Balaban J connectivity index is 4.03. The summed E-state index contributed by atoms with van der Waals surface area (Å²) < 4.78 is 7.71. The van der Waals surface area contributed by atoms with E-state index in [1.807, 2.05) is 29.8 Å². The van der Waals surface area contributed by atoms with Crippen molar-refractivity contribution >= 4 is 28.8 Å². The molecule has 0 aromatic carbocycles. The fraction of sp³-hybridized carbons (Fsp3) is 0.889. The van der Waals surface area contributed by atoms with Crippen LogP contribution in [0.25, 0.3) is 0 Å². The molecule has 0 spiro atoms. The lowest BCUT2D eigenvalue weighted by Crippen LogP contribution is -2.45. The molecule has 0 saturated carbocycles. The van der Waals surface area contributed by atoms with Crippen molar-refractivity contribution in [2.24, 2.45) is 0 Å². The molecule has 0 amide bonds. The first-order chi connectivity index (χ1) is 6.10. The van der Waals surface area contributed by atoms with Crippen molar-refractivity contribution in [2.75, 3.05) is 7.11 Å². The highest BCUT2D eigenvalue weighted by atomic mass is 127. The van der Waals surface area contributed by atoms with Crippen molar-refractivity contribution in [3.05, 3.63) is 0 Å². The Bertz CT molecular complexity index is 164. The molecule has 1 atom stereocenters. The summed E-state index contributed by atoms with van der Waals surface area (Å²) in [6.45, 7) is 4.02. The van der Waals surface area contributed by atoms with Crippen molar-refractivity contribution in [1.82, 2.24) is 3.53 Å². The van der Waals surface area contributed by atoms with Gasteiger partial charge in [-0.15, -0.1) is 0 Å². The molecule has 0 fully saturated rings. The third-order valence-corrected chi connectivity index (χ3v) is 3.32. The Kier molecular flexibility index (Phi) is 6.67. The molecular formula is C9H18INO2. The molecule has 0 saturated heterocycles. The van der Waals surface area contributed by atoms with Crippen LogP contribution in [-0.2, 0) is 9.53 Å². The molecule has 0 bridgehead atoms. The predicted molar refractivity (Wildman–Crippen MR) is 61.7 cm³/mol. The van der Waals surface area contributed by atoms with E-state index in [0.717, 1.165) is 19.3 Å². The number of carbonyl (C=O) groups is 1. The standard InChI is InChI=1S/C9H18INO2/c1-4-5-6-7-9(2,11-10)8(12)13-3/h11H,4-7H2,1-3H3/t9-/m1/s1. The van der Waals surface area contributed by atoms with E-state index in [-0.39, 0.29) is 5.97 Å². The minimum absolute atomic E-state index is 0.182. The predicted octanol–water partition coefficient (Wildman–Crippen LogP) is 2.44. The number of methoxy groups -OCH3 is 1. The molecule has 3 nitrogen and oxygen atoms in total. The summed E-state index contributed by atoms with van der Waals surface area (Å²) in [4.78, 5) is 11.4. The number of halogens is 1. The Morgan fingerprint density at radius 1 is 1.54 bits per heavy atom. The molecule has 4 heteroatoms. The van der Waals surface area contributed by atoms with E-state index in [2.05, 4.69) is 10.5 Å². The molecule has 0 aliphatic carbocycles. The average Bonchev–Trinajstić information content (AvgIpc) is 2.16. The molecule has 0 unspecified atom stereocenters. The second-order valence-corrected chi connectivity index (χ2v) is 3.91. The van der Waals surface area contributed by atoms with E-state index in [4.69, 9.17) is 4.74 Å². The first-order valence-corrected chi connectivity index (χ1v) is 5.64. The van der Waals surface area contributed by atoms with Crippen LogP contribution in [0.5, 0.6) is 0 Å². The normalized spacial score (nSPS) is 15.1. The lowest BCUT2D eigenvalue weighted by atomic mass is 9.96. The maximum absolute atomic E-state index is 11.4. The van der Waals surface area contributed by atoms with Gasteiger partial charge in [-0.1, -0.05) is 26.2 Å². The second kappa shape index (κ2) is 6.59. The SMILES string of the molecule is CCCCC[C@@](C)(NI)C(=O)OC. The van der Waals surface area contributed by atoms with Gasteiger partial charge in [-0.25, -0.2) is 3.53 Å². The van der Waals surface area contributed by atoms with E-state index < -0.39 is 5.54 Å². The van der Waals surface area contributed by atoms with Crippen molar-refractivity contribution in [3.63, 3.8) is 0 Å². The molecule has 1 N–H and O–H groups in total. The summed E-state index contributed by atoms with van der Waals surface area (Å²) in [6.07, 6.45) is 4.21. The zero-order valence-electron chi connectivity index (χ0n) is 8.52. The van der Waals surface area contributed by atoms with Gasteiger partial charge >= 0.3 is 5.97 Å². The highest BCUT2D eigenvalue weighted by Gasteiger charge is 2.32. The van der Waals surface area contributed by atoms with Gasteiger partial charge < -0.3 is 4.74 Å². The number of ether oxygens (including phenoxy) is 1. The number of esters is 1. The summed E-state index contributed by atoms with van der Waals surface area (Å²) in [6, 6.07) is 0. The van der Waals surface area contributed by atoms with Crippen LogP contribution in [0.1, 0.15) is 39.5 Å². The van der Waals surface area contributed by atoms with Gasteiger partial charge in [0.1, 0.15) is 5.54 Å². The first-order valence-electron chi connectivity index (χ1n) is 4.57. The average molecular weight is 299 g/mol. The van der Waals surface area contributed by atoms with Crippen LogP contribution in [-0.4, -0.2) is 18.6 Å². The molecular weight excluding hydrogens is 281 g/mol. The number of hydrogen-bond donors (Lipinski definition) is 1. The number of hydrogen-bond acceptors (Lipinski definition) is 3. The van der Waals surface area contributed by atoms with Crippen LogP contribution in [0, 0.1) is 0 Å². The molecule has 78 valence electrons. The van der Waals surface area contributed by atoms with Crippen molar-refractivity contribution in [3.8, 4) is 0 Å². The van der Waals surface area contributed by atoms with Crippen molar-refractivity contribution in [1.29, 1.82) is 0 Å². The zero-order chi connectivity index (χ0) is 10.3. The fourth-order valence-corrected chi connectivity index (χ4v) is 1.63. The van der Waals surface area contributed by atoms with E-state index in [1.165, 1.54) is 13.5 Å². The van der Waals surface area contributed by atoms with Crippen LogP contribution in [0.15, 0.2) is 0 Å². The number of rotatable bonds is 6. The Morgan fingerprint density at radius 2 is 2.15 bits per heavy atom. The van der Waals surface area contributed by atoms with Crippen molar-refractivity contribution in [2.45, 2.75) is 45.1 Å². The molecule has 0 heterocycles. The van der Waals surface area contributed by atoms with Crippen LogP contribution >= 0.6 is 22.9 Å². The van der Waals surface area contributed by atoms with Crippen LogP contribution in [0.2, 0.25) is 0 Å². The summed E-state index contributed by atoms with van der Waals surface area (Å²) in [5, 5.41) is 0. The fourth-order valence-electron chi connectivity index (χ4n) is 1.14. The molecule has 0 radical (unpaired) electrons. The molecule has 0 aliphatic heterocycles. The largest absolute Gasteiger partial charge is 0.468 e. The van der Waals surface area contributed by atoms with Crippen LogP contribution in [0.3, 0.4) is 0 Å². The summed E-state index contributed by atoms with van der Waals surface area (Å²) in [7, 11) is 1.42. The first kappa shape index (κ1) is 13.2. The van der Waals surface area contributed by atoms with Gasteiger partial charge in [0, 0.05) is 22.9 Å². The topological polar surface area (TPSA) is 38.3 Å². The molecule has 0 aliphatic rings. The van der Waals surface area contributed by atoms with Crippen molar-refractivity contribution < 1.29 is 9.53 Å². The Labute approximate surface area is 94.1 Å². The highest BCUT2D eigenvalue weighted by molar-refractivity contribution is 14.1. The molecule has 0 aromatic heterocycles. The minimum atomic E-state index is -0.523. The lowest BCUT2D eigenvalue weighted by Gasteiger charge is -2.24. The van der Waals surface area contributed by atoms with Gasteiger partial charge in [0.2, 0.25) is 0 Å². The van der Waals surface area contributed by atoms with Gasteiger partial charge in [0.25, 0.3) is 0 Å². The quantitative estimate of drug-likeness (QED) is 0.354. The Hall–Kier alpha value is 0.160. The lowest BCUT2D eigenvalue weighted by molar-refractivity contribution is -0.147. The second-order valence-electron chi connectivity index (χ2n) is 3.38. The summed E-state index contributed by atoms with van der Waals surface area (Å²) >= 11 is 2.01. The molecule has 13 heavy (non-hydrogen) atoms. The molecule has 0 rings (SSSR count). The maximum Gasteiger partial charge on any atom is 0.326 e. The van der Waals surface area contributed by atoms with Crippen LogP contribution < -0.4 is 3.53 Å². The monoisotopic (exact) mass is 299 g/mol. The number of nitrogens with one attached hydrogen (secondary N) is 1. The van der Waals surface area contributed by atoms with Gasteiger partial charge in [-0.3, -0.25) is 4.79 Å². The highest BCUT2D eigenvalue weighted by Crippen LogP contribution is 2.17. The van der Waals surface area contributed by atoms with E-state index in [9.17, 15) is 4.79 Å². The minimum Gasteiger partial charge on any atom is -0.468 e. The van der Waals surface area contributed by atoms with Gasteiger partial charge in [-0.2, -0.15) is 0 Å². The van der Waals surface area contributed by atoms with Gasteiger partial charge in [0.05, 0.1) is 7.11 Å². The number of carbonyl (C=O) groups excluding carboxylic acids is 1.